The van der Waals surface area contributed by atoms with Crippen LogP contribution in [0.4, 0.5) is 15.8 Å². The number of aromatic nitrogens is 1. The zero-order chi connectivity index (χ0) is 21.8. The predicted octanol–water partition coefficient (Wildman–Crippen LogP) is 4.14. The molecule has 0 atom stereocenters. The van der Waals surface area contributed by atoms with Gasteiger partial charge in [-0.15, -0.1) is 24.8 Å². The Bertz CT molecular complexity index is 1110. The van der Waals surface area contributed by atoms with Crippen molar-refractivity contribution in [2.45, 2.75) is 26.3 Å². The Balaban J connectivity index is 0.00000193. The molecule has 0 radical (unpaired) electrons. The summed E-state index contributed by atoms with van der Waals surface area (Å²) >= 11 is 0. The average molecular weight is 499 g/mol. The third-order valence-electron chi connectivity index (χ3n) is 5.66. The number of carbonyl (C=O) groups excluding carboxylic acids is 1. The van der Waals surface area contributed by atoms with Gasteiger partial charge in [0, 0.05) is 57.1 Å². The minimum absolute atomic E-state index is 0. The Hall–Kier alpha value is -2.55. The molecule has 0 unspecified atom stereocenters. The van der Waals surface area contributed by atoms with Crippen molar-refractivity contribution in [3.05, 3.63) is 58.8 Å². The summed E-state index contributed by atoms with van der Waals surface area (Å²) in [5, 5.41) is 2.69. The average Bonchev–Trinajstić information content (AvgIpc) is 3.06. The molecule has 1 fully saturated rings. The van der Waals surface area contributed by atoms with Gasteiger partial charge in [-0.05, 0) is 55.8 Å². The number of benzene rings is 2. The van der Waals surface area contributed by atoms with Crippen molar-refractivity contribution in [1.82, 2.24) is 9.47 Å². The lowest BCUT2D eigenvalue weighted by Crippen LogP contribution is -2.46. The van der Waals surface area contributed by atoms with E-state index < -0.39 is 0 Å². The lowest BCUT2D eigenvalue weighted by molar-refractivity contribution is -0.114. The molecule has 1 saturated heterocycles. The molecule has 180 valence electrons. The van der Waals surface area contributed by atoms with Crippen molar-refractivity contribution in [1.29, 1.82) is 0 Å². The summed E-state index contributed by atoms with van der Waals surface area (Å²) in [6.45, 7) is 6.81. The molecule has 0 bridgehead atoms. The molecule has 1 aliphatic rings. The van der Waals surface area contributed by atoms with E-state index in [0.717, 1.165) is 56.8 Å². The van der Waals surface area contributed by atoms with Gasteiger partial charge in [0.1, 0.15) is 5.82 Å². The number of aryl methyl sites for hydroxylation is 1. The molecule has 3 aromatic rings. The SMILES string of the molecule is CC(=O)Nc1ccc2c(c1)oc(=O)n2CCCCN1CCN(c2ccc(F)cc2)CC1.Cl.Cl. The number of anilines is 2. The van der Waals surface area contributed by atoms with E-state index in [9.17, 15) is 14.0 Å². The van der Waals surface area contributed by atoms with Gasteiger partial charge < -0.3 is 14.6 Å². The Morgan fingerprint density at radius 1 is 1.00 bits per heavy atom. The van der Waals surface area contributed by atoms with E-state index in [1.54, 1.807) is 22.8 Å². The second-order valence-corrected chi connectivity index (χ2v) is 7.90. The number of rotatable bonds is 7. The fourth-order valence-electron chi connectivity index (χ4n) is 4.05. The van der Waals surface area contributed by atoms with Gasteiger partial charge in [0.05, 0.1) is 5.52 Å². The van der Waals surface area contributed by atoms with Crippen molar-refractivity contribution in [3.8, 4) is 0 Å². The highest BCUT2D eigenvalue weighted by molar-refractivity contribution is 5.91. The summed E-state index contributed by atoms with van der Waals surface area (Å²) in [5.74, 6) is -0.748. The quantitative estimate of drug-likeness (QED) is 0.495. The first kappa shape index (κ1) is 26.7. The maximum Gasteiger partial charge on any atom is 0.419 e. The van der Waals surface area contributed by atoms with Gasteiger partial charge in [-0.1, -0.05) is 0 Å². The van der Waals surface area contributed by atoms with E-state index in [1.807, 2.05) is 12.1 Å². The molecule has 7 nitrogen and oxygen atoms in total. The molecule has 1 aromatic heterocycles. The van der Waals surface area contributed by atoms with Crippen LogP contribution in [0.15, 0.2) is 51.7 Å². The molecule has 2 heterocycles. The number of hydrogen-bond donors (Lipinski definition) is 1. The van der Waals surface area contributed by atoms with E-state index in [1.165, 1.54) is 19.1 Å². The van der Waals surface area contributed by atoms with Crippen LogP contribution < -0.4 is 16.0 Å². The number of nitrogens with zero attached hydrogens (tertiary/aromatic N) is 3. The Morgan fingerprint density at radius 3 is 2.33 bits per heavy atom. The number of nitrogens with one attached hydrogen (secondary N) is 1. The topological polar surface area (TPSA) is 70.7 Å². The molecule has 10 heteroatoms. The monoisotopic (exact) mass is 498 g/mol. The van der Waals surface area contributed by atoms with Crippen LogP contribution in [0.1, 0.15) is 19.8 Å². The number of unbranched alkanes of at least 4 members (excludes halogenated alkanes) is 1. The second kappa shape index (κ2) is 12.1. The highest BCUT2D eigenvalue weighted by atomic mass is 35.5. The van der Waals surface area contributed by atoms with Gasteiger partial charge in [0.25, 0.3) is 0 Å². The first-order valence-corrected chi connectivity index (χ1v) is 10.6. The Morgan fingerprint density at radius 2 is 1.67 bits per heavy atom. The van der Waals surface area contributed by atoms with E-state index in [4.69, 9.17) is 4.42 Å². The summed E-state index contributed by atoms with van der Waals surface area (Å²) in [6.07, 6.45) is 1.86. The molecule has 4 rings (SSSR count). The van der Waals surface area contributed by atoms with Crippen molar-refractivity contribution in [3.63, 3.8) is 0 Å². The maximum absolute atomic E-state index is 13.1. The lowest BCUT2D eigenvalue weighted by Gasteiger charge is -2.36. The minimum Gasteiger partial charge on any atom is -0.408 e. The van der Waals surface area contributed by atoms with Crippen LogP contribution >= 0.6 is 24.8 Å². The van der Waals surface area contributed by atoms with E-state index in [2.05, 4.69) is 15.1 Å². The minimum atomic E-state index is -0.372. The van der Waals surface area contributed by atoms with E-state index in [0.29, 0.717) is 17.8 Å². The highest BCUT2D eigenvalue weighted by Crippen LogP contribution is 2.20. The van der Waals surface area contributed by atoms with Gasteiger partial charge in [-0.3, -0.25) is 14.3 Å². The molecule has 2 aromatic carbocycles. The van der Waals surface area contributed by atoms with Crippen LogP contribution in [0.5, 0.6) is 0 Å². The van der Waals surface area contributed by atoms with Gasteiger partial charge in [-0.2, -0.15) is 0 Å². The number of carbonyl (C=O) groups is 1. The molecular weight excluding hydrogens is 470 g/mol. The number of fused-ring (bicyclic) bond motifs is 1. The lowest BCUT2D eigenvalue weighted by atomic mass is 10.2. The fourth-order valence-corrected chi connectivity index (χ4v) is 4.05. The molecule has 0 spiro atoms. The Labute approximate surface area is 204 Å². The molecule has 33 heavy (non-hydrogen) atoms. The standard InChI is InChI=1S/C23H27FN4O3.2ClH/c1-17(29)25-19-6-9-21-22(16-19)31-23(30)28(21)11-3-2-10-26-12-14-27(15-13-26)20-7-4-18(24)5-8-20;;/h4-9,16H,2-3,10-15H2,1H3,(H,25,29);2*1H. The van der Waals surface area contributed by atoms with Gasteiger partial charge in [0.2, 0.25) is 5.91 Å². The van der Waals surface area contributed by atoms with Crippen molar-refractivity contribution in [2.75, 3.05) is 42.9 Å². The normalized spacial score (nSPS) is 13.9. The van der Waals surface area contributed by atoms with Crippen molar-refractivity contribution in [2.24, 2.45) is 0 Å². The smallest absolute Gasteiger partial charge is 0.408 e. The molecule has 1 aliphatic heterocycles. The van der Waals surface area contributed by atoms with Gasteiger partial charge in [0.15, 0.2) is 5.58 Å². The van der Waals surface area contributed by atoms with Crippen LogP contribution in [0.2, 0.25) is 0 Å². The van der Waals surface area contributed by atoms with E-state index >= 15 is 0 Å². The number of oxazole rings is 1. The van der Waals surface area contributed by atoms with Crippen LogP contribution in [-0.2, 0) is 11.3 Å². The Kier molecular flexibility index (Phi) is 9.76. The number of halogens is 3. The summed E-state index contributed by atoms with van der Waals surface area (Å²) < 4.78 is 20.1. The van der Waals surface area contributed by atoms with Crippen LogP contribution in [0, 0.1) is 5.82 Å². The van der Waals surface area contributed by atoms with Crippen LogP contribution in [0.3, 0.4) is 0 Å². The second-order valence-electron chi connectivity index (χ2n) is 7.90. The summed E-state index contributed by atoms with van der Waals surface area (Å²) in [5.41, 5.74) is 2.90. The first-order chi connectivity index (χ1) is 15.0. The number of hydrogen-bond acceptors (Lipinski definition) is 5. The van der Waals surface area contributed by atoms with Crippen LogP contribution in [-0.4, -0.2) is 48.1 Å². The highest BCUT2D eigenvalue weighted by Gasteiger charge is 2.17. The number of amides is 1. The molecule has 1 N–H and O–H groups in total. The predicted molar refractivity (Wildman–Crippen MR) is 134 cm³/mol. The molecule has 0 saturated carbocycles. The largest absolute Gasteiger partial charge is 0.419 e. The first-order valence-electron chi connectivity index (χ1n) is 10.6. The molecular formula is C23H29Cl2FN4O3. The summed E-state index contributed by atoms with van der Waals surface area (Å²) in [6, 6.07) is 11.9. The fraction of sp³-hybridized carbons (Fsp3) is 0.391. The van der Waals surface area contributed by atoms with Crippen molar-refractivity contribution >= 4 is 53.2 Å². The number of piperazine rings is 1. The van der Waals surface area contributed by atoms with Crippen molar-refractivity contribution < 1.29 is 13.6 Å². The van der Waals surface area contributed by atoms with Crippen LogP contribution in [0.25, 0.3) is 11.1 Å². The maximum atomic E-state index is 13.1. The molecule has 1 amide bonds. The third kappa shape index (κ3) is 6.72. The summed E-state index contributed by atoms with van der Waals surface area (Å²) in [7, 11) is 0. The third-order valence-corrected chi connectivity index (χ3v) is 5.66. The molecule has 0 aliphatic carbocycles. The zero-order valence-corrected chi connectivity index (χ0v) is 20.1. The van der Waals surface area contributed by atoms with E-state index in [-0.39, 0.29) is 42.3 Å². The van der Waals surface area contributed by atoms with Gasteiger partial charge >= 0.3 is 5.76 Å². The summed E-state index contributed by atoms with van der Waals surface area (Å²) in [4.78, 5) is 28.1. The zero-order valence-electron chi connectivity index (χ0n) is 18.5. The van der Waals surface area contributed by atoms with Gasteiger partial charge in [-0.25, -0.2) is 9.18 Å².